The van der Waals surface area contributed by atoms with Crippen molar-refractivity contribution < 1.29 is 0 Å². The molecule has 0 atom stereocenters. The van der Waals surface area contributed by atoms with E-state index < -0.39 is 0 Å². The van der Waals surface area contributed by atoms with Crippen LogP contribution < -0.4 is 4.90 Å². The first-order valence-electron chi connectivity index (χ1n) is 19.1. The van der Waals surface area contributed by atoms with Gasteiger partial charge < -0.3 is 9.47 Å². The molecule has 1 aromatic heterocycles. The molecule has 0 aliphatic rings. The monoisotopic (exact) mass is 704 g/mol. The molecule has 0 bridgehead atoms. The number of nitrogens with zero attached hydrogens (tertiary/aromatic N) is 2. The van der Waals surface area contributed by atoms with E-state index in [1.807, 2.05) is 0 Å². The van der Waals surface area contributed by atoms with E-state index >= 15 is 0 Å². The second-order valence-electron chi connectivity index (χ2n) is 14.7. The zero-order valence-electron chi connectivity index (χ0n) is 31.3. The minimum Gasteiger partial charge on any atom is -0.310 e. The van der Waals surface area contributed by atoms with Crippen molar-refractivity contribution in [3.8, 4) is 27.9 Å². The van der Waals surface area contributed by atoms with E-state index in [-0.39, 0.29) is 0 Å². The highest BCUT2D eigenvalue weighted by Gasteiger charge is 2.22. The lowest BCUT2D eigenvalue weighted by Crippen LogP contribution is -2.12. The molecular formula is C53H40N2. The third-order valence-corrected chi connectivity index (χ3v) is 11.3. The molecule has 55 heavy (non-hydrogen) atoms. The van der Waals surface area contributed by atoms with E-state index in [9.17, 15) is 0 Å². The molecule has 1 heterocycles. The van der Waals surface area contributed by atoms with Gasteiger partial charge in [-0.1, -0.05) is 133 Å². The Hall–Kier alpha value is -6.90. The van der Waals surface area contributed by atoms with E-state index in [0.29, 0.717) is 0 Å². The average molecular weight is 705 g/mol. The lowest BCUT2D eigenvalue weighted by Gasteiger charge is -2.29. The van der Waals surface area contributed by atoms with Crippen LogP contribution in [-0.2, 0) is 0 Å². The van der Waals surface area contributed by atoms with Crippen LogP contribution in [0.3, 0.4) is 0 Å². The lowest BCUT2D eigenvalue weighted by molar-refractivity contribution is 1.17. The molecule has 0 aliphatic carbocycles. The molecule has 0 spiro atoms. The largest absolute Gasteiger partial charge is 0.310 e. The van der Waals surface area contributed by atoms with Crippen molar-refractivity contribution >= 4 is 60.4 Å². The van der Waals surface area contributed by atoms with Gasteiger partial charge in [0.15, 0.2) is 0 Å². The molecule has 10 aromatic rings. The number of hydrogen-bond donors (Lipinski definition) is 0. The molecule has 2 nitrogen and oxygen atoms in total. The van der Waals surface area contributed by atoms with Crippen molar-refractivity contribution in [2.45, 2.75) is 20.8 Å². The molecule has 0 unspecified atom stereocenters. The number of para-hydroxylation sites is 3. The van der Waals surface area contributed by atoms with Gasteiger partial charge in [-0.05, 0) is 136 Å². The third-order valence-electron chi connectivity index (χ3n) is 11.3. The van der Waals surface area contributed by atoms with Crippen LogP contribution in [0.25, 0.3) is 71.3 Å². The SMILES string of the molecule is Cc1ccc2c(-c3ccccc3)c3ccccc3c(-c3cc(C)c(N(c4ccccc4)c4ccc(-n5c6ccccc6c6ccccc65)cc4)cc3C)c2c1. The predicted octanol–water partition coefficient (Wildman–Crippen LogP) is 14.8. The molecule has 0 radical (unpaired) electrons. The Morgan fingerprint density at radius 1 is 0.382 bits per heavy atom. The molecule has 9 aromatic carbocycles. The summed E-state index contributed by atoms with van der Waals surface area (Å²) in [5, 5.41) is 7.65. The Labute approximate surface area is 322 Å². The fraction of sp³-hybridized carbons (Fsp3) is 0.0566. The van der Waals surface area contributed by atoms with Crippen LogP contribution in [-0.4, -0.2) is 4.57 Å². The number of fused-ring (bicyclic) bond motifs is 5. The highest BCUT2D eigenvalue weighted by Crippen LogP contribution is 2.47. The first kappa shape index (κ1) is 32.7. The van der Waals surface area contributed by atoms with Crippen LogP contribution in [0.1, 0.15) is 16.7 Å². The van der Waals surface area contributed by atoms with Crippen LogP contribution in [0, 0.1) is 20.8 Å². The third kappa shape index (κ3) is 5.41. The number of rotatable bonds is 6. The van der Waals surface area contributed by atoms with Gasteiger partial charge in [-0.2, -0.15) is 0 Å². The predicted molar refractivity (Wildman–Crippen MR) is 236 cm³/mol. The molecule has 0 saturated carbocycles. The van der Waals surface area contributed by atoms with Gasteiger partial charge in [-0.15, -0.1) is 0 Å². The fourth-order valence-electron chi connectivity index (χ4n) is 8.77. The summed E-state index contributed by atoms with van der Waals surface area (Å²) in [5.41, 5.74) is 15.8. The van der Waals surface area contributed by atoms with Crippen molar-refractivity contribution in [1.82, 2.24) is 4.57 Å². The molecule has 0 N–H and O–H groups in total. The van der Waals surface area contributed by atoms with Gasteiger partial charge in [0.05, 0.1) is 11.0 Å². The van der Waals surface area contributed by atoms with Gasteiger partial charge in [-0.25, -0.2) is 0 Å². The van der Waals surface area contributed by atoms with Gasteiger partial charge in [0.25, 0.3) is 0 Å². The summed E-state index contributed by atoms with van der Waals surface area (Å²) in [6.45, 7) is 6.73. The summed E-state index contributed by atoms with van der Waals surface area (Å²) in [6.07, 6.45) is 0. The molecular weight excluding hydrogens is 665 g/mol. The Morgan fingerprint density at radius 3 is 1.56 bits per heavy atom. The number of aromatic nitrogens is 1. The molecule has 0 amide bonds. The summed E-state index contributed by atoms with van der Waals surface area (Å²) in [4.78, 5) is 2.40. The quantitative estimate of drug-likeness (QED) is 0.156. The zero-order chi connectivity index (χ0) is 37.0. The average Bonchev–Trinajstić information content (AvgIpc) is 3.57. The van der Waals surface area contributed by atoms with Gasteiger partial charge in [0.1, 0.15) is 0 Å². The number of hydrogen-bond acceptors (Lipinski definition) is 1. The summed E-state index contributed by atoms with van der Waals surface area (Å²) in [7, 11) is 0. The number of benzene rings is 9. The number of anilines is 3. The lowest BCUT2D eigenvalue weighted by atomic mass is 9.84. The van der Waals surface area contributed by atoms with E-state index in [2.05, 4.69) is 218 Å². The second kappa shape index (κ2) is 13.2. The molecule has 10 rings (SSSR count). The first-order valence-corrected chi connectivity index (χ1v) is 19.1. The normalized spacial score (nSPS) is 11.5. The van der Waals surface area contributed by atoms with Gasteiger partial charge in [-0.3, -0.25) is 0 Å². The first-order chi connectivity index (χ1) is 27.0. The summed E-state index contributed by atoms with van der Waals surface area (Å²) in [5.74, 6) is 0. The van der Waals surface area contributed by atoms with Crippen LogP contribution in [0.15, 0.2) is 188 Å². The zero-order valence-corrected chi connectivity index (χ0v) is 31.3. The maximum atomic E-state index is 2.42. The van der Waals surface area contributed by atoms with Crippen LogP contribution in [0.5, 0.6) is 0 Å². The van der Waals surface area contributed by atoms with Crippen molar-refractivity contribution in [2.75, 3.05) is 4.90 Å². The standard InChI is InChI=1S/C53H40N2/c1-35-26-31-46-48(32-35)53(45-23-11-10-22-44(45)52(46)38-16-6-4-7-17-38)47-33-37(3)51(34-36(47)2)54(39-18-8-5-9-19-39)40-27-29-41(30-28-40)55-49-24-14-12-20-42(49)43-21-13-15-25-50(43)55/h4-34H,1-3H3. The topological polar surface area (TPSA) is 8.17 Å². The van der Waals surface area contributed by atoms with Gasteiger partial charge in [0.2, 0.25) is 0 Å². The minimum absolute atomic E-state index is 1.12. The summed E-state index contributed by atoms with van der Waals surface area (Å²) in [6, 6.07) is 68.7. The van der Waals surface area contributed by atoms with Crippen molar-refractivity contribution in [3.63, 3.8) is 0 Å². The molecule has 0 aliphatic heterocycles. The summed E-state index contributed by atoms with van der Waals surface area (Å²) < 4.78 is 2.38. The van der Waals surface area contributed by atoms with E-state index in [1.165, 1.54) is 88.0 Å². The summed E-state index contributed by atoms with van der Waals surface area (Å²) >= 11 is 0. The van der Waals surface area contributed by atoms with E-state index in [4.69, 9.17) is 0 Å². The Morgan fingerprint density at radius 2 is 0.909 bits per heavy atom. The highest BCUT2D eigenvalue weighted by molar-refractivity contribution is 6.22. The number of aryl methyl sites for hydroxylation is 3. The Bertz CT molecular complexity index is 2990. The Balaban J connectivity index is 1.15. The second-order valence-corrected chi connectivity index (χ2v) is 14.7. The van der Waals surface area contributed by atoms with E-state index in [1.54, 1.807) is 0 Å². The van der Waals surface area contributed by atoms with E-state index in [0.717, 1.165) is 17.1 Å². The van der Waals surface area contributed by atoms with Crippen molar-refractivity contribution in [1.29, 1.82) is 0 Å². The fourth-order valence-corrected chi connectivity index (χ4v) is 8.77. The molecule has 0 fully saturated rings. The molecule has 262 valence electrons. The minimum atomic E-state index is 1.12. The Kier molecular flexibility index (Phi) is 7.85. The van der Waals surface area contributed by atoms with Gasteiger partial charge >= 0.3 is 0 Å². The maximum Gasteiger partial charge on any atom is 0.0541 e. The van der Waals surface area contributed by atoms with Crippen molar-refractivity contribution in [2.24, 2.45) is 0 Å². The van der Waals surface area contributed by atoms with Crippen LogP contribution >= 0.6 is 0 Å². The van der Waals surface area contributed by atoms with Crippen LogP contribution in [0.2, 0.25) is 0 Å². The van der Waals surface area contributed by atoms with Crippen LogP contribution in [0.4, 0.5) is 17.1 Å². The van der Waals surface area contributed by atoms with Gasteiger partial charge in [0, 0.05) is 33.5 Å². The maximum absolute atomic E-state index is 2.42. The van der Waals surface area contributed by atoms with Crippen molar-refractivity contribution in [3.05, 3.63) is 205 Å². The highest BCUT2D eigenvalue weighted by atomic mass is 15.1. The molecule has 2 heteroatoms. The smallest absolute Gasteiger partial charge is 0.0541 e. The molecule has 0 saturated heterocycles.